The fourth-order valence-corrected chi connectivity index (χ4v) is 4.14. The van der Waals surface area contributed by atoms with Crippen LogP contribution < -0.4 is 4.74 Å². The van der Waals surface area contributed by atoms with Crippen molar-refractivity contribution in [1.82, 2.24) is 29.5 Å². The maximum atomic E-state index is 13.0. The van der Waals surface area contributed by atoms with Gasteiger partial charge in [0.15, 0.2) is 0 Å². The van der Waals surface area contributed by atoms with Gasteiger partial charge in [0.05, 0.1) is 12.8 Å². The molecule has 0 bridgehead atoms. The summed E-state index contributed by atoms with van der Waals surface area (Å²) in [7, 11) is 1.58. The van der Waals surface area contributed by atoms with E-state index in [9.17, 15) is 18.0 Å². The highest BCUT2D eigenvalue weighted by Gasteiger charge is 2.37. The Kier molecular flexibility index (Phi) is 4.75. The molecule has 32 heavy (non-hydrogen) atoms. The Hall–Kier alpha value is -3.63. The van der Waals surface area contributed by atoms with Crippen molar-refractivity contribution in [3.05, 3.63) is 53.7 Å². The zero-order chi connectivity index (χ0) is 22.5. The molecule has 0 saturated carbocycles. The van der Waals surface area contributed by atoms with Gasteiger partial charge < -0.3 is 14.6 Å². The van der Waals surface area contributed by atoms with Crippen LogP contribution in [0.3, 0.4) is 0 Å². The molecule has 166 valence electrons. The number of nitrogens with zero attached hydrogens (tertiary/aromatic N) is 5. The van der Waals surface area contributed by atoms with Crippen molar-refractivity contribution in [3.63, 3.8) is 0 Å². The van der Waals surface area contributed by atoms with Gasteiger partial charge >= 0.3 is 6.18 Å². The Bertz CT molecular complexity index is 1300. The maximum Gasteiger partial charge on any atom is 0.453 e. The molecule has 1 amide bonds. The first-order valence-electron chi connectivity index (χ1n) is 10.1. The van der Waals surface area contributed by atoms with Crippen molar-refractivity contribution in [1.29, 1.82) is 0 Å². The minimum absolute atomic E-state index is 0.0562. The van der Waals surface area contributed by atoms with E-state index >= 15 is 0 Å². The van der Waals surface area contributed by atoms with Gasteiger partial charge in [0.1, 0.15) is 11.4 Å². The smallest absolute Gasteiger partial charge is 0.453 e. The van der Waals surface area contributed by atoms with E-state index in [1.165, 1.54) is 6.20 Å². The molecule has 0 unspecified atom stereocenters. The molecule has 1 N–H and O–H groups in total. The van der Waals surface area contributed by atoms with Gasteiger partial charge in [-0.3, -0.25) is 4.79 Å². The second-order valence-corrected chi connectivity index (χ2v) is 7.72. The van der Waals surface area contributed by atoms with Crippen LogP contribution >= 0.6 is 0 Å². The summed E-state index contributed by atoms with van der Waals surface area (Å²) in [6, 6.07) is 9.02. The Morgan fingerprint density at radius 2 is 1.97 bits per heavy atom. The predicted molar refractivity (Wildman–Crippen MR) is 109 cm³/mol. The molecule has 1 aliphatic rings. The van der Waals surface area contributed by atoms with E-state index in [1.807, 2.05) is 24.3 Å². The highest BCUT2D eigenvalue weighted by molar-refractivity contribution is 5.98. The number of nitrogens with one attached hydrogen (secondary N) is 1. The van der Waals surface area contributed by atoms with Crippen molar-refractivity contribution < 1.29 is 22.7 Å². The first-order valence-corrected chi connectivity index (χ1v) is 10.1. The Balaban J connectivity index is 1.33. The highest BCUT2D eigenvalue weighted by atomic mass is 19.4. The molecule has 0 atom stereocenters. The molecule has 4 aromatic rings. The molecule has 5 rings (SSSR count). The van der Waals surface area contributed by atoms with Crippen molar-refractivity contribution in [3.8, 4) is 5.75 Å². The second-order valence-electron chi connectivity index (χ2n) is 7.72. The van der Waals surface area contributed by atoms with Crippen LogP contribution in [-0.2, 0) is 6.18 Å². The Morgan fingerprint density at radius 3 is 2.69 bits per heavy atom. The quantitative estimate of drug-likeness (QED) is 0.521. The van der Waals surface area contributed by atoms with Gasteiger partial charge in [-0.1, -0.05) is 0 Å². The molecule has 11 heteroatoms. The summed E-state index contributed by atoms with van der Waals surface area (Å²) in [6.45, 7) is 0.958. The molecule has 0 aliphatic carbocycles. The molecule has 1 aliphatic heterocycles. The maximum absolute atomic E-state index is 13.0. The average Bonchev–Trinajstić information content (AvgIpc) is 3.42. The Labute approximate surface area is 180 Å². The third-order valence-corrected chi connectivity index (χ3v) is 5.78. The van der Waals surface area contributed by atoms with Crippen LogP contribution in [-0.4, -0.2) is 55.6 Å². The number of piperidine rings is 1. The number of ether oxygens (including phenoxy) is 1. The minimum atomic E-state index is -4.63. The first kappa shape index (κ1) is 20.3. The number of carbonyl (C=O) groups excluding carboxylic acids is 1. The van der Waals surface area contributed by atoms with Crippen LogP contribution in [0.5, 0.6) is 5.75 Å². The van der Waals surface area contributed by atoms with E-state index < -0.39 is 12.0 Å². The number of aromatic nitrogens is 5. The lowest BCUT2D eigenvalue weighted by molar-refractivity contribution is -0.144. The average molecular weight is 444 g/mol. The number of hydrogen-bond donors (Lipinski definition) is 1. The molecule has 8 nitrogen and oxygen atoms in total. The number of likely N-dealkylation sites (tertiary alicyclic amines) is 1. The summed E-state index contributed by atoms with van der Waals surface area (Å²) in [6.07, 6.45) is -2.00. The molecule has 1 aromatic carbocycles. The number of amides is 1. The zero-order valence-corrected chi connectivity index (χ0v) is 17.1. The van der Waals surface area contributed by atoms with Gasteiger partial charge in [-0.05, 0) is 37.1 Å². The van der Waals surface area contributed by atoms with Crippen LogP contribution in [0.25, 0.3) is 16.7 Å². The number of fused-ring (bicyclic) bond motifs is 2. The molecule has 4 heterocycles. The largest absolute Gasteiger partial charge is 0.497 e. The van der Waals surface area contributed by atoms with Crippen LogP contribution in [0.2, 0.25) is 0 Å². The summed E-state index contributed by atoms with van der Waals surface area (Å²) in [4.78, 5) is 25.3. The number of aromatic amines is 1. The first-order chi connectivity index (χ1) is 15.3. The summed E-state index contributed by atoms with van der Waals surface area (Å²) in [5.74, 6) is -0.759. The van der Waals surface area contributed by atoms with Crippen LogP contribution in [0, 0.1) is 0 Å². The molecule has 1 saturated heterocycles. The van der Waals surface area contributed by atoms with Crippen LogP contribution in [0.4, 0.5) is 13.2 Å². The van der Waals surface area contributed by atoms with Crippen LogP contribution in [0.1, 0.15) is 40.8 Å². The van der Waals surface area contributed by atoms with E-state index in [4.69, 9.17) is 4.74 Å². The topological polar surface area (TPSA) is 88.4 Å². The molecule has 3 aromatic heterocycles. The van der Waals surface area contributed by atoms with Crippen molar-refractivity contribution in [2.24, 2.45) is 0 Å². The van der Waals surface area contributed by atoms with Gasteiger partial charge in [-0.2, -0.15) is 18.2 Å². The monoisotopic (exact) mass is 444 g/mol. The standard InChI is InChI=1S/C21H19F3N6O2/c1-32-14-3-2-13-10-16(26-15(13)11-14)18(31)29-8-5-12(6-9-29)17-4-7-25-20-27-19(21(22,23)24)28-30(17)20/h2-4,7,10-12,26H,5-6,8-9H2,1H3. The molecule has 0 radical (unpaired) electrons. The number of carbonyl (C=O) groups is 1. The van der Waals surface area contributed by atoms with E-state index in [-0.39, 0.29) is 17.6 Å². The number of benzene rings is 1. The normalized spacial score (nSPS) is 15.6. The molecule has 0 spiro atoms. The van der Waals surface area contributed by atoms with Gasteiger partial charge in [-0.15, -0.1) is 5.10 Å². The lowest BCUT2D eigenvalue weighted by Crippen LogP contribution is -2.38. The third-order valence-electron chi connectivity index (χ3n) is 5.78. The fraction of sp³-hybridized carbons (Fsp3) is 0.333. The summed E-state index contributed by atoms with van der Waals surface area (Å²) >= 11 is 0. The van der Waals surface area contributed by atoms with Gasteiger partial charge in [-0.25, -0.2) is 9.50 Å². The third kappa shape index (κ3) is 3.53. The van der Waals surface area contributed by atoms with Gasteiger partial charge in [0.25, 0.3) is 17.5 Å². The highest BCUT2D eigenvalue weighted by Crippen LogP contribution is 2.31. The molecular formula is C21H19F3N6O2. The van der Waals surface area contributed by atoms with Crippen LogP contribution in [0.15, 0.2) is 36.5 Å². The fourth-order valence-electron chi connectivity index (χ4n) is 4.14. The minimum Gasteiger partial charge on any atom is -0.497 e. The van der Waals surface area contributed by atoms with Crippen molar-refractivity contribution in [2.45, 2.75) is 24.9 Å². The van der Waals surface area contributed by atoms with E-state index in [2.05, 4.69) is 20.1 Å². The number of rotatable bonds is 3. The van der Waals surface area contributed by atoms with Crippen molar-refractivity contribution in [2.75, 3.05) is 20.2 Å². The number of alkyl halides is 3. The molecular weight excluding hydrogens is 425 g/mol. The van der Waals surface area contributed by atoms with E-state index in [1.54, 1.807) is 18.1 Å². The summed E-state index contributed by atoms with van der Waals surface area (Å²) in [5.41, 5.74) is 1.92. The predicted octanol–water partition coefficient (Wildman–Crippen LogP) is 3.65. The van der Waals surface area contributed by atoms with Gasteiger partial charge in [0.2, 0.25) is 0 Å². The Morgan fingerprint density at radius 1 is 1.19 bits per heavy atom. The number of hydrogen-bond acceptors (Lipinski definition) is 5. The van der Waals surface area contributed by atoms with Gasteiger partial charge in [0, 0.05) is 42.2 Å². The number of methoxy groups -OCH3 is 1. The lowest BCUT2D eigenvalue weighted by atomic mass is 9.93. The summed E-state index contributed by atoms with van der Waals surface area (Å²) < 4.78 is 45.4. The SMILES string of the molecule is COc1ccc2cc(C(=O)N3CCC(c4ccnc5nc(C(F)(F)F)nn45)CC3)[nH]c2c1. The van der Waals surface area contributed by atoms with E-state index in [0.717, 1.165) is 15.4 Å². The molecule has 1 fully saturated rings. The zero-order valence-electron chi connectivity index (χ0n) is 17.1. The lowest BCUT2D eigenvalue weighted by Gasteiger charge is -2.31. The second kappa shape index (κ2) is 7.50. The number of halogens is 3. The summed E-state index contributed by atoms with van der Waals surface area (Å²) in [5, 5.41) is 4.53. The number of H-pyrrole nitrogens is 1. The van der Waals surface area contributed by atoms with E-state index in [0.29, 0.717) is 43.1 Å². The van der Waals surface area contributed by atoms with Crippen molar-refractivity contribution >= 4 is 22.6 Å².